The van der Waals surface area contributed by atoms with E-state index in [1.165, 1.54) is 12.1 Å². The number of nitrogens with two attached hydrogens (primary N) is 1. The SMILES string of the molecule is Cc1nc(N)nc(-n2c(Nc3ccc(F)c(O)c3)nc3ccccc32)n1. The first-order valence-electron chi connectivity index (χ1n) is 7.73. The number of halogens is 1. The number of phenols is 1. The summed E-state index contributed by atoms with van der Waals surface area (Å²) in [5, 5.41) is 12.6. The zero-order chi connectivity index (χ0) is 18.3. The summed E-state index contributed by atoms with van der Waals surface area (Å²) >= 11 is 0. The number of nitrogen functional groups attached to an aromatic ring is 1. The molecule has 0 saturated heterocycles. The molecule has 4 rings (SSSR count). The molecule has 0 aliphatic heterocycles. The average Bonchev–Trinajstić information content (AvgIpc) is 2.95. The smallest absolute Gasteiger partial charge is 0.242 e. The topological polar surface area (TPSA) is 115 Å². The number of para-hydroxylation sites is 2. The predicted molar refractivity (Wildman–Crippen MR) is 95.0 cm³/mol. The van der Waals surface area contributed by atoms with Crippen LogP contribution < -0.4 is 11.1 Å². The number of rotatable bonds is 3. The van der Waals surface area contributed by atoms with Crippen LogP contribution in [0.25, 0.3) is 17.0 Å². The Labute approximate surface area is 147 Å². The monoisotopic (exact) mass is 351 g/mol. The van der Waals surface area contributed by atoms with Crippen molar-refractivity contribution in [3.63, 3.8) is 0 Å². The number of hydrogen-bond donors (Lipinski definition) is 3. The molecule has 0 aliphatic carbocycles. The normalized spacial score (nSPS) is 11.0. The highest BCUT2D eigenvalue weighted by Crippen LogP contribution is 2.27. The number of imidazole rings is 1. The summed E-state index contributed by atoms with van der Waals surface area (Å²) in [6.07, 6.45) is 0. The number of fused-ring (bicyclic) bond motifs is 1. The molecule has 2 aromatic heterocycles. The van der Waals surface area contributed by atoms with Gasteiger partial charge in [-0.1, -0.05) is 12.1 Å². The van der Waals surface area contributed by atoms with Gasteiger partial charge in [0, 0.05) is 11.8 Å². The summed E-state index contributed by atoms with van der Waals surface area (Å²) < 4.78 is 15.0. The number of phenolic OH excluding ortho intramolecular Hbond substituents is 1. The van der Waals surface area contributed by atoms with E-state index in [-0.39, 0.29) is 5.95 Å². The highest BCUT2D eigenvalue weighted by atomic mass is 19.1. The van der Waals surface area contributed by atoms with Gasteiger partial charge in [0.1, 0.15) is 5.82 Å². The molecule has 0 amide bonds. The second-order valence-electron chi connectivity index (χ2n) is 5.59. The van der Waals surface area contributed by atoms with Gasteiger partial charge in [0.25, 0.3) is 0 Å². The molecular formula is C17H14FN7O. The molecule has 0 saturated carbocycles. The fourth-order valence-corrected chi connectivity index (χ4v) is 2.62. The first kappa shape index (κ1) is 15.8. The van der Waals surface area contributed by atoms with Gasteiger partial charge in [-0.2, -0.15) is 15.0 Å². The van der Waals surface area contributed by atoms with Gasteiger partial charge >= 0.3 is 0 Å². The van der Waals surface area contributed by atoms with E-state index >= 15 is 0 Å². The van der Waals surface area contributed by atoms with Crippen molar-refractivity contribution < 1.29 is 9.50 Å². The van der Waals surface area contributed by atoms with Crippen molar-refractivity contribution in [2.45, 2.75) is 6.92 Å². The maximum Gasteiger partial charge on any atom is 0.242 e. The van der Waals surface area contributed by atoms with E-state index in [0.29, 0.717) is 28.9 Å². The van der Waals surface area contributed by atoms with Crippen LogP contribution in [0.2, 0.25) is 0 Å². The fraction of sp³-hybridized carbons (Fsp3) is 0.0588. The molecule has 9 heteroatoms. The predicted octanol–water partition coefficient (Wildman–Crippen LogP) is 2.69. The van der Waals surface area contributed by atoms with Gasteiger partial charge in [0.2, 0.25) is 17.8 Å². The molecule has 0 radical (unpaired) electrons. The van der Waals surface area contributed by atoms with Gasteiger partial charge in [0.05, 0.1) is 11.0 Å². The molecular weight excluding hydrogens is 337 g/mol. The lowest BCUT2D eigenvalue weighted by atomic mass is 10.3. The Morgan fingerprint density at radius 1 is 1.08 bits per heavy atom. The van der Waals surface area contributed by atoms with Gasteiger partial charge in [-0.15, -0.1) is 0 Å². The second kappa shape index (κ2) is 5.96. The number of anilines is 3. The molecule has 0 unspecified atom stereocenters. The lowest BCUT2D eigenvalue weighted by Crippen LogP contribution is -2.10. The Balaban J connectivity index is 1.90. The van der Waals surface area contributed by atoms with Crippen molar-refractivity contribution in [1.29, 1.82) is 0 Å². The maximum atomic E-state index is 13.3. The van der Waals surface area contributed by atoms with Crippen LogP contribution in [0.5, 0.6) is 5.75 Å². The number of aromatic hydroxyl groups is 1. The molecule has 0 bridgehead atoms. The van der Waals surface area contributed by atoms with Crippen molar-refractivity contribution in [3.8, 4) is 11.7 Å². The van der Waals surface area contributed by atoms with Gasteiger partial charge in [-0.05, 0) is 31.2 Å². The molecule has 2 heterocycles. The van der Waals surface area contributed by atoms with E-state index < -0.39 is 11.6 Å². The van der Waals surface area contributed by atoms with Crippen molar-refractivity contribution in [1.82, 2.24) is 24.5 Å². The number of nitrogens with one attached hydrogen (secondary N) is 1. The van der Waals surface area contributed by atoms with Crippen LogP contribution in [0, 0.1) is 12.7 Å². The molecule has 0 atom stereocenters. The van der Waals surface area contributed by atoms with Crippen LogP contribution in [-0.2, 0) is 0 Å². The summed E-state index contributed by atoms with van der Waals surface area (Å²) in [6.45, 7) is 1.71. The van der Waals surface area contributed by atoms with E-state index in [2.05, 4.69) is 25.3 Å². The van der Waals surface area contributed by atoms with Crippen molar-refractivity contribution in [2.24, 2.45) is 0 Å². The summed E-state index contributed by atoms with van der Waals surface area (Å²) in [4.78, 5) is 17.0. The van der Waals surface area contributed by atoms with E-state index in [0.717, 1.165) is 11.6 Å². The number of nitrogens with zero attached hydrogens (tertiary/aromatic N) is 5. The van der Waals surface area contributed by atoms with Crippen molar-refractivity contribution >= 4 is 28.6 Å². The highest BCUT2D eigenvalue weighted by Gasteiger charge is 2.16. The second-order valence-corrected chi connectivity index (χ2v) is 5.59. The minimum atomic E-state index is -0.704. The van der Waals surface area contributed by atoms with E-state index in [1.807, 2.05) is 24.3 Å². The van der Waals surface area contributed by atoms with Crippen LogP contribution in [0.3, 0.4) is 0 Å². The first-order valence-corrected chi connectivity index (χ1v) is 7.73. The zero-order valence-corrected chi connectivity index (χ0v) is 13.7. The lowest BCUT2D eigenvalue weighted by molar-refractivity contribution is 0.433. The van der Waals surface area contributed by atoms with Crippen LogP contribution >= 0.6 is 0 Å². The molecule has 2 aromatic carbocycles. The summed E-state index contributed by atoms with van der Waals surface area (Å²) in [7, 11) is 0. The minimum Gasteiger partial charge on any atom is -0.505 e. The van der Waals surface area contributed by atoms with E-state index in [9.17, 15) is 9.50 Å². The third-order valence-electron chi connectivity index (χ3n) is 3.72. The summed E-state index contributed by atoms with van der Waals surface area (Å²) in [6, 6.07) is 11.4. The van der Waals surface area contributed by atoms with Crippen LogP contribution in [0.4, 0.5) is 22.0 Å². The Morgan fingerprint density at radius 3 is 2.65 bits per heavy atom. The van der Waals surface area contributed by atoms with Gasteiger partial charge in [-0.3, -0.25) is 0 Å². The molecule has 26 heavy (non-hydrogen) atoms. The molecule has 0 fully saturated rings. The van der Waals surface area contributed by atoms with Crippen LogP contribution in [-0.4, -0.2) is 29.6 Å². The van der Waals surface area contributed by atoms with Gasteiger partial charge in [0.15, 0.2) is 11.6 Å². The Bertz CT molecular complexity index is 1110. The van der Waals surface area contributed by atoms with Gasteiger partial charge in [-0.25, -0.2) is 13.9 Å². The Hall–Kier alpha value is -3.75. The number of aromatic nitrogens is 5. The summed E-state index contributed by atoms with van der Waals surface area (Å²) in [5.41, 5.74) is 7.68. The molecule has 4 aromatic rings. The largest absolute Gasteiger partial charge is 0.505 e. The molecule has 0 spiro atoms. The lowest BCUT2D eigenvalue weighted by Gasteiger charge is -2.10. The van der Waals surface area contributed by atoms with Gasteiger partial charge < -0.3 is 16.2 Å². The standard InChI is InChI=1S/C17H14FN7O/c1-9-20-15(19)24-16(21-9)25-13-5-3-2-4-12(13)23-17(25)22-10-6-7-11(18)14(26)8-10/h2-8,26H,1H3,(H,22,23)(H2,19,20,21,24). The Kier molecular flexibility index (Phi) is 3.61. The van der Waals surface area contributed by atoms with Crippen LogP contribution in [0.1, 0.15) is 5.82 Å². The minimum absolute atomic E-state index is 0.0932. The quantitative estimate of drug-likeness (QED) is 0.520. The van der Waals surface area contributed by atoms with Crippen molar-refractivity contribution in [2.75, 3.05) is 11.1 Å². The fourth-order valence-electron chi connectivity index (χ4n) is 2.62. The van der Waals surface area contributed by atoms with E-state index in [1.54, 1.807) is 11.5 Å². The maximum absolute atomic E-state index is 13.3. The Morgan fingerprint density at radius 2 is 1.88 bits per heavy atom. The summed E-state index contributed by atoms with van der Waals surface area (Å²) in [5.74, 6) is 0.0916. The third kappa shape index (κ3) is 2.75. The third-order valence-corrected chi connectivity index (χ3v) is 3.72. The molecule has 8 nitrogen and oxygen atoms in total. The van der Waals surface area contributed by atoms with Crippen LogP contribution in [0.15, 0.2) is 42.5 Å². The van der Waals surface area contributed by atoms with E-state index in [4.69, 9.17) is 5.73 Å². The average molecular weight is 351 g/mol. The number of hydrogen-bond acceptors (Lipinski definition) is 7. The zero-order valence-electron chi connectivity index (χ0n) is 13.7. The van der Waals surface area contributed by atoms with Crippen molar-refractivity contribution in [3.05, 3.63) is 54.1 Å². The number of aryl methyl sites for hydroxylation is 1. The molecule has 130 valence electrons. The first-order chi connectivity index (χ1) is 12.5. The molecule has 4 N–H and O–H groups in total. The molecule has 0 aliphatic rings. The highest BCUT2D eigenvalue weighted by molar-refractivity contribution is 5.81. The number of benzene rings is 2.